The highest BCUT2D eigenvalue weighted by Gasteiger charge is 2.30. The van der Waals surface area contributed by atoms with Crippen LogP contribution in [0.5, 0.6) is 0 Å². The first-order valence-electron chi connectivity index (χ1n) is 12.8. The highest BCUT2D eigenvalue weighted by Crippen LogP contribution is 2.38. The average Bonchev–Trinajstić information content (AvgIpc) is 3.58. The van der Waals surface area contributed by atoms with E-state index in [2.05, 4.69) is 38.4 Å². The van der Waals surface area contributed by atoms with Crippen LogP contribution >= 0.6 is 11.6 Å². The topological polar surface area (TPSA) is 106 Å². The third-order valence-electron chi connectivity index (χ3n) is 7.75. The second-order valence-corrected chi connectivity index (χ2v) is 10.8. The number of hydrogen-bond acceptors (Lipinski definition) is 7. The number of rotatable bonds is 5. The van der Waals surface area contributed by atoms with Crippen molar-refractivity contribution in [3.05, 3.63) is 40.1 Å². The van der Waals surface area contributed by atoms with E-state index in [0.29, 0.717) is 22.7 Å². The van der Waals surface area contributed by atoms with Gasteiger partial charge in [0.15, 0.2) is 0 Å². The first-order chi connectivity index (χ1) is 17.5. The zero-order valence-electron chi connectivity index (χ0n) is 20.6. The normalized spacial score (nSPS) is 22.5. The molecule has 0 amide bonds. The van der Waals surface area contributed by atoms with Gasteiger partial charge in [-0.05, 0) is 56.6 Å². The molecular weight excluding hydrogens is 478 g/mol. The minimum Gasteiger partial charge on any atom is -0.340 e. The number of halogens is 1. The monoisotopic (exact) mass is 507 g/mol. The molecule has 1 unspecified atom stereocenters. The van der Waals surface area contributed by atoms with Crippen LogP contribution in [-0.2, 0) is 6.54 Å². The molecule has 1 aliphatic carbocycles. The lowest BCUT2D eigenvalue weighted by Gasteiger charge is -2.29. The molecule has 6 rings (SSSR count). The van der Waals surface area contributed by atoms with E-state index in [-0.39, 0.29) is 5.82 Å². The molecule has 1 N–H and O–H groups in total. The Labute approximate surface area is 213 Å². The third kappa shape index (κ3) is 4.30. The number of pyridine rings is 2. The van der Waals surface area contributed by atoms with Crippen LogP contribution in [0.25, 0.3) is 33.8 Å². The van der Waals surface area contributed by atoms with Crippen molar-refractivity contribution in [2.45, 2.75) is 65.0 Å². The van der Waals surface area contributed by atoms with E-state index in [4.69, 9.17) is 26.1 Å². The molecule has 2 fully saturated rings. The summed E-state index contributed by atoms with van der Waals surface area (Å²) in [5, 5.41) is 4.40. The molecule has 0 spiro atoms. The maximum absolute atomic E-state index is 11.7. The van der Waals surface area contributed by atoms with Crippen LogP contribution < -0.4 is 10.7 Å². The quantitative estimate of drug-likeness (QED) is 0.390. The molecule has 2 aliphatic rings. The smallest absolute Gasteiger partial charge is 0.340 e. The lowest BCUT2D eigenvalue weighted by Crippen LogP contribution is -2.30. The summed E-state index contributed by atoms with van der Waals surface area (Å²) in [5.41, 5.74) is 3.76. The van der Waals surface area contributed by atoms with Gasteiger partial charge in [-0.3, -0.25) is 14.5 Å². The number of fused-ring (bicyclic) bond motifs is 1. The second kappa shape index (κ2) is 9.35. The zero-order valence-corrected chi connectivity index (χ0v) is 21.3. The molecule has 4 aromatic rings. The van der Waals surface area contributed by atoms with E-state index in [1.54, 1.807) is 12.4 Å². The minimum atomic E-state index is -0.624. The van der Waals surface area contributed by atoms with Gasteiger partial charge in [0.05, 0.1) is 21.7 Å². The molecular formula is C26H30ClN7O2. The molecule has 1 aliphatic heterocycles. The van der Waals surface area contributed by atoms with Gasteiger partial charge in [0, 0.05) is 37.1 Å². The zero-order chi connectivity index (χ0) is 24.8. The minimum absolute atomic E-state index is 0.269. The predicted octanol–water partition coefficient (Wildman–Crippen LogP) is 5.31. The van der Waals surface area contributed by atoms with Gasteiger partial charge in [0.1, 0.15) is 5.69 Å². The van der Waals surface area contributed by atoms with Crippen LogP contribution in [-0.4, -0.2) is 42.2 Å². The summed E-state index contributed by atoms with van der Waals surface area (Å²) in [7, 11) is 0. The first kappa shape index (κ1) is 23.2. The first-order valence-corrected chi connectivity index (χ1v) is 13.2. The Bertz CT molecular complexity index is 1450. The molecule has 9 nitrogen and oxygen atoms in total. The maximum atomic E-state index is 11.7. The molecule has 5 heterocycles. The van der Waals surface area contributed by atoms with Gasteiger partial charge in [-0.15, -0.1) is 0 Å². The average molecular weight is 508 g/mol. The van der Waals surface area contributed by atoms with Gasteiger partial charge >= 0.3 is 5.76 Å². The largest absolute Gasteiger partial charge is 0.439 e. The molecule has 0 bridgehead atoms. The Morgan fingerprint density at radius 1 is 1.11 bits per heavy atom. The Morgan fingerprint density at radius 2 is 1.94 bits per heavy atom. The molecule has 36 heavy (non-hydrogen) atoms. The van der Waals surface area contributed by atoms with Gasteiger partial charge in [-0.25, -0.2) is 14.8 Å². The Kier molecular flexibility index (Phi) is 6.03. The molecule has 0 radical (unpaired) electrons. The van der Waals surface area contributed by atoms with Gasteiger partial charge in [-0.2, -0.15) is 0 Å². The van der Waals surface area contributed by atoms with Crippen molar-refractivity contribution in [3.63, 3.8) is 0 Å². The van der Waals surface area contributed by atoms with Crippen LogP contribution in [0.1, 0.15) is 52.4 Å². The Morgan fingerprint density at radius 3 is 2.64 bits per heavy atom. The number of aromatic nitrogens is 6. The van der Waals surface area contributed by atoms with Crippen molar-refractivity contribution in [2.24, 2.45) is 11.8 Å². The number of hydrogen-bond donors (Lipinski definition) is 1. The standard InChI is InChI=1S/C26H30ClN7O2/c1-15-5-7-17(8-6-15)14-34-23-20(30-25(34)33-9-3-4-16(33)2)11-21(24-31-26(35)36-32-24)29-22(23)18-10-19(27)13-28-12-18/h10-13,15-17H,3-9,14H2,1-2H3,(H,31,32,35). The SMILES string of the molecule is CC1CCC(Cn2c(N3CCCC3C)nc3cc(-c4noc(=O)[nH]4)nc(-c4cncc(Cl)c4)c32)CC1. The van der Waals surface area contributed by atoms with Crippen LogP contribution in [0, 0.1) is 11.8 Å². The van der Waals surface area contributed by atoms with Crippen molar-refractivity contribution in [1.82, 2.24) is 29.7 Å². The summed E-state index contributed by atoms with van der Waals surface area (Å²) in [6.45, 7) is 6.50. The number of H-pyrrole nitrogens is 1. The fraction of sp³-hybridized carbons (Fsp3) is 0.500. The summed E-state index contributed by atoms with van der Waals surface area (Å²) in [5.74, 6) is 2.01. The van der Waals surface area contributed by atoms with E-state index in [1.807, 2.05) is 12.1 Å². The molecule has 10 heteroatoms. The highest BCUT2D eigenvalue weighted by molar-refractivity contribution is 6.30. The third-order valence-corrected chi connectivity index (χ3v) is 7.96. The maximum Gasteiger partial charge on any atom is 0.439 e. The molecule has 0 aromatic carbocycles. The van der Waals surface area contributed by atoms with E-state index in [9.17, 15) is 4.79 Å². The summed E-state index contributed by atoms with van der Waals surface area (Å²) < 4.78 is 7.13. The summed E-state index contributed by atoms with van der Waals surface area (Å²) in [6.07, 6.45) is 10.6. The lowest BCUT2D eigenvalue weighted by molar-refractivity contribution is 0.267. The second-order valence-electron chi connectivity index (χ2n) is 10.4. The number of nitrogens with one attached hydrogen (secondary N) is 1. The Balaban J connectivity index is 1.58. The van der Waals surface area contributed by atoms with E-state index in [1.165, 1.54) is 25.7 Å². The summed E-state index contributed by atoms with van der Waals surface area (Å²) in [6, 6.07) is 4.17. The summed E-state index contributed by atoms with van der Waals surface area (Å²) in [4.78, 5) is 31.2. The number of anilines is 1. The van der Waals surface area contributed by atoms with Crippen LogP contribution in [0.4, 0.5) is 5.95 Å². The van der Waals surface area contributed by atoms with E-state index < -0.39 is 5.76 Å². The van der Waals surface area contributed by atoms with E-state index in [0.717, 1.165) is 60.1 Å². The van der Waals surface area contributed by atoms with Crippen molar-refractivity contribution < 1.29 is 4.52 Å². The van der Waals surface area contributed by atoms with Crippen molar-refractivity contribution in [3.8, 4) is 22.8 Å². The van der Waals surface area contributed by atoms with Crippen molar-refractivity contribution in [2.75, 3.05) is 11.4 Å². The Hall–Kier alpha value is -3.20. The van der Waals surface area contributed by atoms with Crippen LogP contribution in [0.15, 0.2) is 33.8 Å². The van der Waals surface area contributed by atoms with Crippen molar-refractivity contribution in [1.29, 1.82) is 0 Å². The fourth-order valence-electron chi connectivity index (χ4n) is 5.74. The molecule has 4 aromatic heterocycles. The van der Waals surface area contributed by atoms with Gasteiger partial charge < -0.3 is 9.47 Å². The van der Waals surface area contributed by atoms with E-state index >= 15 is 0 Å². The molecule has 188 valence electrons. The molecule has 1 saturated carbocycles. The fourth-order valence-corrected chi connectivity index (χ4v) is 5.91. The number of aromatic amines is 1. The lowest BCUT2D eigenvalue weighted by atomic mass is 9.83. The molecule has 1 atom stereocenters. The van der Waals surface area contributed by atoms with Gasteiger partial charge in [-0.1, -0.05) is 36.5 Å². The van der Waals surface area contributed by atoms with Gasteiger partial charge in [0.25, 0.3) is 0 Å². The highest BCUT2D eigenvalue weighted by atomic mass is 35.5. The van der Waals surface area contributed by atoms with Crippen molar-refractivity contribution >= 4 is 28.6 Å². The predicted molar refractivity (Wildman–Crippen MR) is 139 cm³/mol. The van der Waals surface area contributed by atoms with Crippen LogP contribution in [0.2, 0.25) is 5.02 Å². The number of imidazole rings is 1. The number of nitrogens with zero attached hydrogens (tertiary/aromatic N) is 6. The van der Waals surface area contributed by atoms with Gasteiger partial charge in [0.2, 0.25) is 11.8 Å². The molecule has 1 saturated heterocycles. The summed E-state index contributed by atoms with van der Waals surface area (Å²) >= 11 is 6.35. The van der Waals surface area contributed by atoms with Crippen LogP contribution in [0.3, 0.4) is 0 Å².